The van der Waals surface area contributed by atoms with Crippen molar-refractivity contribution in [3.8, 4) is 0 Å². The zero-order valence-electron chi connectivity index (χ0n) is 15.2. The van der Waals surface area contributed by atoms with Crippen molar-refractivity contribution in [2.75, 3.05) is 19.7 Å². The van der Waals surface area contributed by atoms with E-state index in [1.54, 1.807) is 0 Å². The third-order valence-electron chi connectivity index (χ3n) is 5.57. The number of rotatable bonds is 4. The van der Waals surface area contributed by atoms with Crippen molar-refractivity contribution in [3.63, 3.8) is 0 Å². The molecular formula is C19H27N3O2S. The number of aryl methyl sites for hydroxylation is 2. The molecule has 0 aliphatic carbocycles. The van der Waals surface area contributed by atoms with Gasteiger partial charge in [0.15, 0.2) is 5.82 Å². The lowest BCUT2D eigenvalue weighted by Crippen LogP contribution is -2.49. The summed E-state index contributed by atoms with van der Waals surface area (Å²) in [7, 11) is 0. The van der Waals surface area contributed by atoms with Gasteiger partial charge in [0.2, 0.25) is 5.89 Å². The topological polar surface area (TPSA) is 51.4 Å². The molecule has 136 valence electrons. The van der Waals surface area contributed by atoms with Gasteiger partial charge in [0.25, 0.3) is 0 Å². The summed E-state index contributed by atoms with van der Waals surface area (Å²) in [5.74, 6) is 2.11. The van der Waals surface area contributed by atoms with Gasteiger partial charge >= 0.3 is 0 Å². The fourth-order valence-corrected chi connectivity index (χ4v) is 5.16. The Hall–Kier alpha value is -1.24. The lowest BCUT2D eigenvalue weighted by molar-refractivity contribution is -0.128. The standard InChI is InChI=1S/C19H27N3O2S/c1-14-3-4-17(25-14)13-22-8-6-19(7-9-22)12-16(5-10-23-19)11-18-20-15(2)21-24-18/h3-4,16H,5-13H2,1-2H3. The average Bonchev–Trinajstić information content (AvgIpc) is 3.18. The monoisotopic (exact) mass is 361 g/mol. The summed E-state index contributed by atoms with van der Waals surface area (Å²) >= 11 is 1.92. The third-order valence-corrected chi connectivity index (χ3v) is 6.56. The summed E-state index contributed by atoms with van der Waals surface area (Å²) in [6.07, 6.45) is 5.39. The number of likely N-dealkylation sites (tertiary alicyclic amines) is 1. The number of hydrogen-bond acceptors (Lipinski definition) is 6. The number of thiophene rings is 1. The predicted octanol–water partition coefficient (Wildman–Crippen LogP) is 3.75. The highest BCUT2D eigenvalue weighted by Crippen LogP contribution is 2.39. The maximum atomic E-state index is 6.29. The van der Waals surface area contributed by atoms with E-state index in [4.69, 9.17) is 9.26 Å². The van der Waals surface area contributed by atoms with Crippen LogP contribution in [0.15, 0.2) is 16.7 Å². The number of aromatic nitrogens is 2. The van der Waals surface area contributed by atoms with Crippen molar-refractivity contribution in [2.24, 2.45) is 5.92 Å². The highest BCUT2D eigenvalue weighted by Gasteiger charge is 2.40. The maximum absolute atomic E-state index is 6.29. The second-order valence-electron chi connectivity index (χ2n) is 7.62. The zero-order valence-corrected chi connectivity index (χ0v) is 16.0. The van der Waals surface area contributed by atoms with E-state index in [0.717, 1.165) is 70.1 Å². The minimum Gasteiger partial charge on any atom is -0.375 e. The predicted molar refractivity (Wildman–Crippen MR) is 97.7 cm³/mol. The number of hydrogen-bond donors (Lipinski definition) is 0. The Balaban J connectivity index is 1.32. The molecule has 4 rings (SSSR count). The molecule has 0 N–H and O–H groups in total. The molecule has 0 radical (unpaired) electrons. The minimum atomic E-state index is 0.0693. The molecule has 0 saturated carbocycles. The first-order chi connectivity index (χ1) is 12.1. The largest absolute Gasteiger partial charge is 0.375 e. The van der Waals surface area contributed by atoms with Crippen molar-refractivity contribution in [1.82, 2.24) is 15.0 Å². The summed E-state index contributed by atoms with van der Waals surface area (Å²) in [5.41, 5.74) is 0.0693. The SMILES string of the molecule is Cc1noc(CC2CCOC3(CCN(Cc4ccc(C)s4)CC3)C2)n1. The smallest absolute Gasteiger partial charge is 0.226 e. The van der Waals surface area contributed by atoms with Crippen molar-refractivity contribution < 1.29 is 9.26 Å². The van der Waals surface area contributed by atoms with Gasteiger partial charge in [0.1, 0.15) is 0 Å². The zero-order chi connectivity index (χ0) is 17.3. The van der Waals surface area contributed by atoms with Crippen LogP contribution in [0.25, 0.3) is 0 Å². The Morgan fingerprint density at radius 3 is 2.80 bits per heavy atom. The first-order valence-electron chi connectivity index (χ1n) is 9.31. The van der Waals surface area contributed by atoms with Gasteiger partial charge in [-0.2, -0.15) is 4.98 Å². The molecule has 2 fully saturated rings. The van der Waals surface area contributed by atoms with Crippen LogP contribution in [0.1, 0.15) is 47.2 Å². The maximum Gasteiger partial charge on any atom is 0.226 e. The Labute approximate surface area is 153 Å². The van der Waals surface area contributed by atoms with Crippen LogP contribution in [0.3, 0.4) is 0 Å². The van der Waals surface area contributed by atoms with Crippen LogP contribution in [-0.4, -0.2) is 40.3 Å². The number of nitrogens with zero attached hydrogens (tertiary/aromatic N) is 3. The lowest BCUT2D eigenvalue weighted by atomic mass is 9.78. The molecule has 2 saturated heterocycles. The number of ether oxygens (including phenoxy) is 1. The van der Waals surface area contributed by atoms with Crippen molar-refractivity contribution in [1.29, 1.82) is 0 Å². The molecule has 4 heterocycles. The summed E-state index contributed by atoms with van der Waals surface area (Å²) in [6.45, 7) is 8.26. The van der Waals surface area contributed by atoms with Gasteiger partial charge in [-0.25, -0.2) is 0 Å². The van der Waals surface area contributed by atoms with Crippen LogP contribution >= 0.6 is 11.3 Å². The highest BCUT2D eigenvalue weighted by atomic mass is 32.1. The van der Waals surface area contributed by atoms with E-state index < -0.39 is 0 Å². The van der Waals surface area contributed by atoms with Crippen LogP contribution in [0.4, 0.5) is 0 Å². The van der Waals surface area contributed by atoms with Gasteiger partial charge in [-0.3, -0.25) is 4.90 Å². The van der Waals surface area contributed by atoms with Gasteiger partial charge < -0.3 is 9.26 Å². The fraction of sp³-hybridized carbons (Fsp3) is 0.684. The Morgan fingerprint density at radius 2 is 2.12 bits per heavy atom. The minimum absolute atomic E-state index is 0.0693. The second kappa shape index (κ2) is 7.17. The van der Waals surface area contributed by atoms with Crippen molar-refractivity contribution in [3.05, 3.63) is 33.6 Å². The molecule has 5 nitrogen and oxygen atoms in total. The Bertz CT molecular complexity index is 703. The Morgan fingerprint density at radius 1 is 1.28 bits per heavy atom. The second-order valence-corrected chi connectivity index (χ2v) is 8.99. The van der Waals surface area contributed by atoms with Crippen LogP contribution in [0.5, 0.6) is 0 Å². The number of piperidine rings is 1. The van der Waals surface area contributed by atoms with Gasteiger partial charge in [0.05, 0.1) is 5.60 Å². The van der Waals surface area contributed by atoms with Crippen LogP contribution in [0, 0.1) is 19.8 Å². The molecule has 2 aromatic heterocycles. The van der Waals surface area contributed by atoms with Crippen LogP contribution in [0.2, 0.25) is 0 Å². The molecule has 25 heavy (non-hydrogen) atoms. The van der Waals surface area contributed by atoms with E-state index >= 15 is 0 Å². The van der Waals surface area contributed by atoms with Crippen molar-refractivity contribution in [2.45, 2.75) is 58.1 Å². The van der Waals surface area contributed by atoms with Crippen LogP contribution in [-0.2, 0) is 17.7 Å². The van der Waals surface area contributed by atoms with Crippen LogP contribution < -0.4 is 0 Å². The summed E-state index contributed by atoms with van der Waals surface area (Å²) in [5, 5.41) is 3.91. The molecule has 6 heteroatoms. The van der Waals surface area contributed by atoms with E-state index in [1.807, 2.05) is 18.3 Å². The van der Waals surface area contributed by atoms with E-state index in [9.17, 15) is 0 Å². The van der Waals surface area contributed by atoms with Gasteiger partial charge in [0, 0.05) is 42.4 Å². The fourth-order valence-electron chi connectivity index (χ4n) is 4.23. The van der Waals surface area contributed by atoms with E-state index in [2.05, 4.69) is 34.1 Å². The third kappa shape index (κ3) is 4.13. The van der Waals surface area contributed by atoms with E-state index in [0.29, 0.717) is 5.92 Å². The highest BCUT2D eigenvalue weighted by molar-refractivity contribution is 7.11. The summed E-state index contributed by atoms with van der Waals surface area (Å²) in [6, 6.07) is 4.49. The summed E-state index contributed by atoms with van der Waals surface area (Å²) in [4.78, 5) is 9.82. The first kappa shape index (κ1) is 17.2. The van der Waals surface area contributed by atoms with Gasteiger partial charge in [-0.15, -0.1) is 11.3 Å². The molecule has 0 aromatic carbocycles. The molecule has 0 amide bonds. The molecule has 1 unspecified atom stereocenters. The average molecular weight is 362 g/mol. The summed E-state index contributed by atoms with van der Waals surface area (Å²) < 4.78 is 11.6. The van der Waals surface area contributed by atoms with Gasteiger partial charge in [-0.1, -0.05) is 5.16 Å². The van der Waals surface area contributed by atoms with Gasteiger partial charge in [-0.05, 0) is 57.6 Å². The molecule has 0 bridgehead atoms. The van der Waals surface area contributed by atoms with E-state index in [-0.39, 0.29) is 5.60 Å². The molecule has 1 atom stereocenters. The molecular weight excluding hydrogens is 334 g/mol. The van der Waals surface area contributed by atoms with Crippen molar-refractivity contribution >= 4 is 11.3 Å². The molecule has 2 aromatic rings. The molecule has 1 spiro atoms. The quantitative estimate of drug-likeness (QED) is 0.830. The Kier molecular flexibility index (Phi) is 4.93. The van der Waals surface area contributed by atoms with E-state index in [1.165, 1.54) is 9.75 Å². The molecule has 2 aliphatic rings. The first-order valence-corrected chi connectivity index (χ1v) is 10.1. The lowest BCUT2D eigenvalue weighted by Gasteiger charge is -2.46. The molecule has 2 aliphatic heterocycles. The normalized spacial score (nSPS) is 24.0.